The maximum atomic E-state index is 10.7. The van der Waals surface area contributed by atoms with Gasteiger partial charge in [-0.25, -0.2) is 4.79 Å². The van der Waals surface area contributed by atoms with Crippen LogP contribution in [-0.4, -0.2) is 17.3 Å². The highest BCUT2D eigenvalue weighted by Gasteiger charge is 2.01. The lowest BCUT2D eigenvalue weighted by Crippen LogP contribution is -1.95. The highest BCUT2D eigenvalue weighted by Crippen LogP contribution is 2.27. The third kappa shape index (κ3) is 3.56. The average molecular weight is 294 g/mol. The second-order valence-corrected chi connectivity index (χ2v) is 4.62. The van der Waals surface area contributed by atoms with Crippen LogP contribution in [0.1, 0.15) is 15.9 Å². The molecule has 0 atom stereocenters. The molecule has 0 heterocycles. The van der Waals surface area contributed by atoms with Crippen molar-refractivity contribution in [1.29, 1.82) is 0 Å². The zero-order valence-electron chi connectivity index (χ0n) is 9.68. The third-order valence-corrected chi connectivity index (χ3v) is 2.96. The van der Waals surface area contributed by atoms with Gasteiger partial charge >= 0.3 is 5.97 Å². The Kier molecular flexibility index (Phi) is 4.20. The topological polar surface area (TPSA) is 49.7 Å². The number of nitrogens with zero attached hydrogens (tertiary/aromatic N) is 1. The third-order valence-electron chi connectivity index (χ3n) is 2.42. The molecule has 0 aliphatic rings. The molecular formula is C14H9Cl2NO2. The second kappa shape index (κ2) is 5.87. The summed E-state index contributed by atoms with van der Waals surface area (Å²) < 4.78 is 0. The molecule has 0 aromatic heterocycles. The highest BCUT2D eigenvalue weighted by atomic mass is 35.5. The predicted molar refractivity (Wildman–Crippen MR) is 77.1 cm³/mol. The van der Waals surface area contributed by atoms with Crippen molar-refractivity contribution >= 4 is 41.1 Å². The van der Waals surface area contributed by atoms with E-state index in [-0.39, 0.29) is 5.56 Å². The van der Waals surface area contributed by atoms with Gasteiger partial charge < -0.3 is 5.11 Å². The summed E-state index contributed by atoms with van der Waals surface area (Å²) in [5.74, 6) is -0.954. The average Bonchev–Trinajstić information content (AvgIpc) is 2.38. The Balaban J connectivity index is 2.20. The van der Waals surface area contributed by atoms with Gasteiger partial charge in [-0.05, 0) is 35.9 Å². The van der Waals surface area contributed by atoms with Crippen molar-refractivity contribution in [2.45, 2.75) is 0 Å². The van der Waals surface area contributed by atoms with E-state index in [2.05, 4.69) is 4.99 Å². The van der Waals surface area contributed by atoms with E-state index in [4.69, 9.17) is 28.3 Å². The molecule has 5 heteroatoms. The van der Waals surface area contributed by atoms with Crippen molar-refractivity contribution in [2.24, 2.45) is 4.99 Å². The molecule has 2 aromatic rings. The van der Waals surface area contributed by atoms with Gasteiger partial charge in [0.05, 0.1) is 16.3 Å². The summed E-state index contributed by atoms with van der Waals surface area (Å²) in [4.78, 5) is 14.9. The number of benzene rings is 2. The smallest absolute Gasteiger partial charge is 0.335 e. The van der Waals surface area contributed by atoms with Crippen LogP contribution < -0.4 is 0 Å². The van der Waals surface area contributed by atoms with Crippen LogP contribution in [0.3, 0.4) is 0 Å². The van der Waals surface area contributed by atoms with Crippen molar-refractivity contribution in [2.75, 3.05) is 0 Å². The minimum Gasteiger partial charge on any atom is -0.478 e. The maximum absolute atomic E-state index is 10.7. The van der Waals surface area contributed by atoms with E-state index in [0.29, 0.717) is 15.7 Å². The first-order valence-corrected chi connectivity index (χ1v) is 6.14. The molecule has 96 valence electrons. The summed E-state index contributed by atoms with van der Waals surface area (Å²) in [6, 6.07) is 11.4. The van der Waals surface area contributed by atoms with Gasteiger partial charge in [-0.3, -0.25) is 4.99 Å². The summed E-state index contributed by atoms with van der Waals surface area (Å²) >= 11 is 11.8. The first kappa shape index (κ1) is 13.6. The van der Waals surface area contributed by atoms with Crippen molar-refractivity contribution in [3.8, 4) is 0 Å². The summed E-state index contributed by atoms with van der Waals surface area (Å²) in [5.41, 5.74) is 1.63. The number of hydrogen-bond acceptors (Lipinski definition) is 2. The number of aromatic carboxylic acids is 1. The fourth-order valence-corrected chi connectivity index (χ4v) is 1.90. The molecule has 0 spiro atoms. The van der Waals surface area contributed by atoms with Crippen LogP contribution in [0.2, 0.25) is 10.0 Å². The second-order valence-electron chi connectivity index (χ2n) is 3.78. The van der Waals surface area contributed by atoms with Crippen molar-refractivity contribution in [3.05, 3.63) is 63.6 Å². The first-order valence-electron chi connectivity index (χ1n) is 5.39. The van der Waals surface area contributed by atoms with Crippen LogP contribution in [0.15, 0.2) is 47.5 Å². The van der Waals surface area contributed by atoms with Gasteiger partial charge in [0.1, 0.15) is 0 Å². The fraction of sp³-hybridized carbons (Fsp3) is 0. The molecule has 3 nitrogen and oxygen atoms in total. The van der Waals surface area contributed by atoms with E-state index >= 15 is 0 Å². The summed E-state index contributed by atoms with van der Waals surface area (Å²) in [6.45, 7) is 0. The molecule has 0 amide bonds. The highest BCUT2D eigenvalue weighted by molar-refractivity contribution is 6.36. The van der Waals surface area contributed by atoms with E-state index in [1.165, 1.54) is 12.1 Å². The predicted octanol–water partition coefficient (Wildman–Crippen LogP) is 4.44. The number of carboxylic acid groups (broad SMARTS) is 1. The number of rotatable bonds is 3. The number of aliphatic imine (C=N–C) groups is 1. The Hall–Kier alpha value is -1.84. The minimum atomic E-state index is -0.954. The number of halogens is 2. The Morgan fingerprint density at radius 2 is 1.79 bits per heavy atom. The van der Waals surface area contributed by atoms with Gasteiger partial charge in [0, 0.05) is 11.2 Å². The van der Waals surface area contributed by atoms with Crippen LogP contribution in [-0.2, 0) is 0 Å². The Morgan fingerprint density at radius 3 is 2.37 bits per heavy atom. The number of hydrogen-bond donors (Lipinski definition) is 1. The number of carboxylic acids is 1. The molecule has 0 saturated heterocycles. The van der Waals surface area contributed by atoms with Crippen LogP contribution in [0.4, 0.5) is 5.69 Å². The molecule has 19 heavy (non-hydrogen) atoms. The Morgan fingerprint density at radius 1 is 1.11 bits per heavy atom. The van der Waals surface area contributed by atoms with E-state index in [1.54, 1.807) is 36.5 Å². The van der Waals surface area contributed by atoms with Crippen LogP contribution in [0, 0.1) is 0 Å². The van der Waals surface area contributed by atoms with Gasteiger partial charge in [-0.2, -0.15) is 0 Å². The normalized spacial score (nSPS) is 10.8. The molecule has 2 rings (SSSR count). The molecule has 1 N–H and O–H groups in total. The Bertz CT molecular complexity index is 636. The van der Waals surface area contributed by atoms with Crippen molar-refractivity contribution in [3.63, 3.8) is 0 Å². The standard InChI is InChI=1S/C14H9Cl2NO2/c15-11-5-6-13(12(16)7-11)17-8-9-1-3-10(4-2-9)14(18)19/h1-8H,(H,18,19). The SMILES string of the molecule is O=C(O)c1ccc(C=Nc2ccc(Cl)cc2Cl)cc1. The van der Waals surface area contributed by atoms with E-state index in [1.807, 2.05) is 0 Å². The molecule has 0 fully saturated rings. The summed E-state index contributed by atoms with van der Waals surface area (Å²) in [5, 5.41) is 9.80. The fourth-order valence-electron chi connectivity index (χ4n) is 1.44. The molecule has 0 saturated carbocycles. The monoisotopic (exact) mass is 293 g/mol. The Labute approximate surface area is 120 Å². The van der Waals surface area contributed by atoms with Gasteiger partial charge in [-0.15, -0.1) is 0 Å². The number of carbonyl (C=O) groups is 1. The lowest BCUT2D eigenvalue weighted by Gasteiger charge is -1.99. The summed E-state index contributed by atoms with van der Waals surface area (Å²) in [6.07, 6.45) is 1.61. The van der Waals surface area contributed by atoms with Gasteiger partial charge in [0.2, 0.25) is 0 Å². The first-order chi connectivity index (χ1) is 9.06. The molecule has 2 aromatic carbocycles. The van der Waals surface area contributed by atoms with E-state index in [9.17, 15) is 4.79 Å². The van der Waals surface area contributed by atoms with E-state index < -0.39 is 5.97 Å². The van der Waals surface area contributed by atoms with Gasteiger partial charge in [0.25, 0.3) is 0 Å². The van der Waals surface area contributed by atoms with Gasteiger partial charge in [0.15, 0.2) is 0 Å². The maximum Gasteiger partial charge on any atom is 0.335 e. The molecule has 0 radical (unpaired) electrons. The largest absolute Gasteiger partial charge is 0.478 e. The molecule has 0 bridgehead atoms. The lowest BCUT2D eigenvalue weighted by atomic mass is 10.1. The zero-order valence-corrected chi connectivity index (χ0v) is 11.2. The van der Waals surface area contributed by atoms with Crippen molar-refractivity contribution < 1.29 is 9.90 Å². The van der Waals surface area contributed by atoms with E-state index in [0.717, 1.165) is 5.56 Å². The van der Waals surface area contributed by atoms with Crippen LogP contribution in [0.5, 0.6) is 0 Å². The summed E-state index contributed by atoms with van der Waals surface area (Å²) in [7, 11) is 0. The quantitative estimate of drug-likeness (QED) is 0.851. The van der Waals surface area contributed by atoms with Crippen molar-refractivity contribution in [1.82, 2.24) is 0 Å². The lowest BCUT2D eigenvalue weighted by molar-refractivity contribution is 0.0697. The van der Waals surface area contributed by atoms with Crippen LogP contribution in [0.25, 0.3) is 0 Å². The molecular weight excluding hydrogens is 285 g/mol. The zero-order chi connectivity index (χ0) is 13.8. The molecule has 0 unspecified atom stereocenters. The van der Waals surface area contributed by atoms with Gasteiger partial charge in [-0.1, -0.05) is 35.3 Å². The van der Waals surface area contributed by atoms with Crippen LogP contribution >= 0.6 is 23.2 Å². The minimum absolute atomic E-state index is 0.238. The molecule has 0 aliphatic carbocycles. The molecule has 0 aliphatic heterocycles.